The zero-order valence-corrected chi connectivity index (χ0v) is 8.83. The van der Waals surface area contributed by atoms with Crippen LogP contribution in [0.25, 0.3) is 0 Å². The number of methoxy groups -OCH3 is 1. The van der Waals surface area contributed by atoms with E-state index >= 15 is 0 Å². The summed E-state index contributed by atoms with van der Waals surface area (Å²) in [5.74, 6) is 0.910. The van der Waals surface area contributed by atoms with Crippen LogP contribution in [0.15, 0.2) is 30.3 Å². The molecule has 0 saturated carbocycles. The van der Waals surface area contributed by atoms with Gasteiger partial charge in [-0.3, -0.25) is 0 Å². The number of benzene rings is 1. The van der Waals surface area contributed by atoms with Crippen molar-refractivity contribution in [3.05, 3.63) is 30.3 Å². The lowest BCUT2D eigenvalue weighted by Crippen LogP contribution is -2.21. The molecule has 1 aliphatic rings. The first-order chi connectivity index (χ1) is 6.93. The van der Waals surface area contributed by atoms with Gasteiger partial charge in [0.2, 0.25) is 0 Å². The molecule has 1 fully saturated rings. The van der Waals surface area contributed by atoms with Gasteiger partial charge in [-0.2, -0.15) is 0 Å². The maximum absolute atomic E-state index is 4.91. The van der Waals surface area contributed by atoms with E-state index in [4.69, 9.17) is 4.74 Å². The first-order valence-electron chi connectivity index (χ1n) is 5.23. The number of para-hydroxylation sites is 1. The summed E-state index contributed by atoms with van der Waals surface area (Å²) < 4.78 is 4.91. The van der Waals surface area contributed by atoms with Crippen LogP contribution >= 0.6 is 0 Å². The molecule has 2 heteroatoms. The molecule has 2 rings (SSSR count). The zero-order chi connectivity index (χ0) is 10.1. The van der Waals surface area contributed by atoms with Gasteiger partial charge in [-0.05, 0) is 38.1 Å². The topological polar surface area (TPSA) is 21.3 Å². The van der Waals surface area contributed by atoms with Crippen molar-refractivity contribution in [1.29, 1.82) is 0 Å². The first kappa shape index (κ1) is 11.1. The number of piperidine rings is 1. The smallest absolute Gasteiger partial charge is 0.118 e. The van der Waals surface area contributed by atoms with Crippen LogP contribution in [0, 0.1) is 0 Å². The normalized spacial score (nSPS) is 15.2. The molecule has 1 aromatic carbocycles. The summed E-state index contributed by atoms with van der Waals surface area (Å²) >= 11 is 0. The second-order valence-electron chi connectivity index (χ2n) is 3.33. The number of hydrogen-bond donors (Lipinski definition) is 1. The molecule has 1 aromatic rings. The second-order valence-corrected chi connectivity index (χ2v) is 3.33. The minimum atomic E-state index is 0.910. The minimum absolute atomic E-state index is 0.910. The van der Waals surface area contributed by atoms with Gasteiger partial charge in [0, 0.05) is 0 Å². The van der Waals surface area contributed by atoms with E-state index in [1.807, 2.05) is 30.3 Å². The van der Waals surface area contributed by atoms with Crippen LogP contribution in [0.2, 0.25) is 0 Å². The molecule has 1 N–H and O–H groups in total. The summed E-state index contributed by atoms with van der Waals surface area (Å²) in [4.78, 5) is 0. The third-order valence-electron chi connectivity index (χ3n) is 2.19. The van der Waals surface area contributed by atoms with Crippen LogP contribution in [0.1, 0.15) is 19.3 Å². The molecule has 2 nitrogen and oxygen atoms in total. The van der Waals surface area contributed by atoms with E-state index in [0.717, 1.165) is 5.75 Å². The lowest BCUT2D eigenvalue weighted by molar-refractivity contribution is 0.415. The summed E-state index contributed by atoms with van der Waals surface area (Å²) in [6.45, 7) is 2.50. The summed E-state index contributed by atoms with van der Waals surface area (Å²) in [6, 6.07) is 9.68. The molecule has 0 spiro atoms. The number of ether oxygens (including phenoxy) is 1. The van der Waals surface area contributed by atoms with Crippen molar-refractivity contribution in [2.75, 3.05) is 20.2 Å². The molecule has 0 amide bonds. The van der Waals surface area contributed by atoms with Crippen LogP contribution in [-0.4, -0.2) is 20.2 Å². The molecule has 0 radical (unpaired) electrons. The number of rotatable bonds is 1. The van der Waals surface area contributed by atoms with Crippen molar-refractivity contribution in [3.63, 3.8) is 0 Å². The van der Waals surface area contributed by atoms with Crippen molar-refractivity contribution >= 4 is 0 Å². The Kier molecular flexibility index (Phi) is 5.84. The van der Waals surface area contributed by atoms with Gasteiger partial charge in [-0.15, -0.1) is 0 Å². The van der Waals surface area contributed by atoms with E-state index < -0.39 is 0 Å². The molecule has 0 aliphatic carbocycles. The average Bonchev–Trinajstić information content (AvgIpc) is 2.33. The largest absolute Gasteiger partial charge is 0.497 e. The van der Waals surface area contributed by atoms with Crippen LogP contribution < -0.4 is 10.1 Å². The third-order valence-corrected chi connectivity index (χ3v) is 2.19. The quantitative estimate of drug-likeness (QED) is 0.739. The fraction of sp³-hybridized carbons (Fsp3) is 0.500. The van der Waals surface area contributed by atoms with Gasteiger partial charge < -0.3 is 10.1 Å². The zero-order valence-electron chi connectivity index (χ0n) is 8.83. The van der Waals surface area contributed by atoms with E-state index in [-0.39, 0.29) is 0 Å². The van der Waals surface area contributed by atoms with Crippen LogP contribution in [0.5, 0.6) is 5.75 Å². The predicted octanol–water partition coefficient (Wildman–Crippen LogP) is 2.46. The monoisotopic (exact) mass is 193 g/mol. The van der Waals surface area contributed by atoms with Gasteiger partial charge in [-0.25, -0.2) is 0 Å². The van der Waals surface area contributed by atoms with E-state index in [2.05, 4.69) is 5.32 Å². The molecule has 1 aliphatic heterocycles. The highest BCUT2D eigenvalue weighted by Crippen LogP contribution is 2.05. The van der Waals surface area contributed by atoms with E-state index in [0.29, 0.717) is 0 Å². The van der Waals surface area contributed by atoms with Crippen molar-refractivity contribution in [1.82, 2.24) is 5.32 Å². The molecule has 0 atom stereocenters. The maximum atomic E-state index is 4.91. The fourth-order valence-electron chi connectivity index (χ4n) is 1.36. The Labute approximate surface area is 86.3 Å². The summed E-state index contributed by atoms with van der Waals surface area (Å²) in [7, 11) is 1.66. The molecular weight excluding hydrogens is 174 g/mol. The molecular formula is C12H19NO. The fourth-order valence-corrected chi connectivity index (χ4v) is 1.36. The average molecular weight is 193 g/mol. The van der Waals surface area contributed by atoms with E-state index in [9.17, 15) is 0 Å². The lowest BCUT2D eigenvalue weighted by atomic mass is 10.2. The van der Waals surface area contributed by atoms with Gasteiger partial charge in [0.25, 0.3) is 0 Å². The third kappa shape index (κ3) is 4.87. The maximum Gasteiger partial charge on any atom is 0.118 e. The first-order valence-corrected chi connectivity index (χ1v) is 5.23. The molecule has 0 unspecified atom stereocenters. The van der Waals surface area contributed by atoms with Crippen LogP contribution in [0.4, 0.5) is 0 Å². The Bertz CT molecular complexity index is 208. The van der Waals surface area contributed by atoms with Gasteiger partial charge in [0.1, 0.15) is 5.75 Å². The summed E-state index contributed by atoms with van der Waals surface area (Å²) in [5.41, 5.74) is 0. The highest BCUT2D eigenvalue weighted by atomic mass is 16.5. The Hall–Kier alpha value is -1.02. The summed E-state index contributed by atoms with van der Waals surface area (Å²) in [6.07, 6.45) is 4.22. The van der Waals surface area contributed by atoms with Crippen molar-refractivity contribution in [2.24, 2.45) is 0 Å². The Morgan fingerprint density at radius 1 is 1.00 bits per heavy atom. The van der Waals surface area contributed by atoms with Crippen molar-refractivity contribution in [3.8, 4) is 5.75 Å². The van der Waals surface area contributed by atoms with Crippen molar-refractivity contribution in [2.45, 2.75) is 19.3 Å². The Balaban J connectivity index is 0.000000146. The molecule has 1 heterocycles. The Morgan fingerprint density at radius 3 is 1.93 bits per heavy atom. The number of hydrogen-bond acceptors (Lipinski definition) is 2. The Morgan fingerprint density at radius 2 is 1.64 bits per heavy atom. The van der Waals surface area contributed by atoms with E-state index in [1.54, 1.807) is 7.11 Å². The van der Waals surface area contributed by atoms with Crippen molar-refractivity contribution < 1.29 is 4.74 Å². The van der Waals surface area contributed by atoms with Crippen LogP contribution in [-0.2, 0) is 0 Å². The van der Waals surface area contributed by atoms with Gasteiger partial charge in [0.15, 0.2) is 0 Å². The highest BCUT2D eigenvalue weighted by molar-refractivity contribution is 5.20. The molecule has 1 saturated heterocycles. The SMILES string of the molecule is C1CCNCC1.COc1ccccc1. The summed E-state index contributed by atoms with van der Waals surface area (Å²) in [5, 5.41) is 3.28. The number of nitrogens with one attached hydrogen (secondary N) is 1. The van der Waals surface area contributed by atoms with Gasteiger partial charge in [-0.1, -0.05) is 24.6 Å². The second kappa shape index (κ2) is 7.39. The minimum Gasteiger partial charge on any atom is -0.497 e. The molecule has 14 heavy (non-hydrogen) atoms. The lowest BCUT2D eigenvalue weighted by Gasteiger charge is -2.08. The standard InChI is InChI=1S/C7H8O.C5H11N/c1-8-7-5-3-2-4-6-7;1-2-4-6-5-3-1/h2-6H,1H3;6H,1-5H2. The van der Waals surface area contributed by atoms with Gasteiger partial charge in [0.05, 0.1) is 7.11 Å². The van der Waals surface area contributed by atoms with Gasteiger partial charge >= 0.3 is 0 Å². The molecule has 0 aromatic heterocycles. The van der Waals surface area contributed by atoms with E-state index in [1.165, 1.54) is 32.4 Å². The van der Waals surface area contributed by atoms with Crippen LogP contribution in [0.3, 0.4) is 0 Å². The highest BCUT2D eigenvalue weighted by Gasteiger charge is 1.93. The predicted molar refractivity (Wildman–Crippen MR) is 59.7 cm³/mol. The molecule has 0 bridgehead atoms. The molecule has 78 valence electrons.